The molecule has 0 aliphatic heterocycles. The molecule has 4 rings (SSSR count). The van der Waals surface area contributed by atoms with Crippen molar-refractivity contribution in [3.8, 4) is 23.0 Å². The standard InChI is InChI=1S/C28H34N2O5S/c1-5-35-20-14-12-19(13-15-20)30-27(31)24-21-9-7-6-8-10-23(21)36-28(24)29-17-18-11-16-22(32-2)26(34-4)25(18)33-3/h11-16,29H,5-10,17H2,1-4H3,(H,30,31). The molecule has 1 aromatic heterocycles. The van der Waals surface area contributed by atoms with Crippen LogP contribution in [0.2, 0.25) is 0 Å². The van der Waals surface area contributed by atoms with Gasteiger partial charge in [-0.3, -0.25) is 4.79 Å². The van der Waals surface area contributed by atoms with Crippen molar-refractivity contribution in [3.63, 3.8) is 0 Å². The van der Waals surface area contributed by atoms with E-state index in [1.165, 1.54) is 16.9 Å². The summed E-state index contributed by atoms with van der Waals surface area (Å²) >= 11 is 1.68. The van der Waals surface area contributed by atoms with E-state index in [1.807, 2.05) is 43.3 Å². The lowest BCUT2D eigenvalue weighted by atomic mass is 10.0. The van der Waals surface area contributed by atoms with Gasteiger partial charge < -0.3 is 29.6 Å². The molecule has 192 valence electrons. The van der Waals surface area contributed by atoms with Gasteiger partial charge in [-0.2, -0.15) is 0 Å². The highest BCUT2D eigenvalue weighted by atomic mass is 32.1. The zero-order valence-electron chi connectivity index (χ0n) is 21.4. The minimum atomic E-state index is -0.0969. The van der Waals surface area contributed by atoms with Gasteiger partial charge in [0.2, 0.25) is 5.75 Å². The molecule has 0 spiro atoms. The minimum absolute atomic E-state index is 0.0969. The average molecular weight is 511 g/mol. The highest BCUT2D eigenvalue weighted by Crippen LogP contribution is 2.42. The lowest BCUT2D eigenvalue weighted by Gasteiger charge is -2.16. The number of ether oxygens (including phenoxy) is 4. The van der Waals surface area contributed by atoms with Gasteiger partial charge in [0, 0.05) is 22.7 Å². The zero-order valence-corrected chi connectivity index (χ0v) is 22.2. The smallest absolute Gasteiger partial charge is 0.258 e. The topological polar surface area (TPSA) is 78.1 Å². The van der Waals surface area contributed by atoms with E-state index in [0.29, 0.717) is 30.4 Å². The Bertz CT molecular complexity index is 1190. The fraction of sp³-hybridized carbons (Fsp3) is 0.393. The van der Waals surface area contributed by atoms with Crippen LogP contribution < -0.4 is 29.6 Å². The Morgan fingerprint density at radius 2 is 1.67 bits per heavy atom. The number of amides is 1. The maximum Gasteiger partial charge on any atom is 0.258 e. The number of methoxy groups -OCH3 is 3. The summed E-state index contributed by atoms with van der Waals surface area (Å²) in [5.74, 6) is 2.46. The predicted octanol–water partition coefficient (Wildman–Crippen LogP) is 6.31. The van der Waals surface area contributed by atoms with Crippen LogP contribution in [0.1, 0.15) is 52.5 Å². The van der Waals surface area contributed by atoms with Gasteiger partial charge in [0.15, 0.2) is 11.5 Å². The number of hydrogen-bond donors (Lipinski definition) is 2. The van der Waals surface area contributed by atoms with Crippen LogP contribution in [0.15, 0.2) is 36.4 Å². The molecule has 2 N–H and O–H groups in total. The average Bonchev–Trinajstić information content (AvgIpc) is 3.08. The Morgan fingerprint density at radius 1 is 0.917 bits per heavy atom. The van der Waals surface area contributed by atoms with Crippen LogP contribution in [-0.2, 0) is 19.4 Å². The van der Waals surface area contributed by atoms with Gasteiger partial charge in [0.1, 0.15) is 10.8 Å². The molecule has 0 unspecified atom stereocenters. The Kier molecular flexibility index (Phi) is 8.59. The molecule has 2 aromatic carbocycles. The SMILES string of the molecule is CCOc1ccc(NC(=O)c2c(NCc3ccc(OC)c(OC)c3OC)sc3c2CCCCC3)cc1. The summed E-state index contributed by atoms with van der Waals surface area (Å²) in [6, 6.07) is 11.3. The third-order valence-corrected chi connectivity index (χ3v) is 7.55. The van der Waals surface area contributed by atoms with Crippen LogP contribution in [0.25, 0.3) is 0 Å². The van der Waals surface area contributed by atoms with Crippen molar-refractivity contribution < 1.29 is 23.7 Å². The molecule has 3 aromatic rings. The maximum atomic E-state index is 13.6. The molecular formula is C28H34N2O5S. The number of nitrogens with one attached hydrogen (secondary N) is 2. The van der Waals surface area contributed by atoms with Crippen molar-refractivity contribution in [3.05, 3.63) is 58.0 Å². The maximum absolute atomic E-state index is 13.6. The van der Waals surface area contributed by atoms with Crippen LogP contribution in [0, 0.1) is 0 Å². The molecule has 0 fully saturated rings. The Labute approximate surface area is 216 Å². The minimum Gasteiger partial charge on any atom is -0.494 e. The van der Waals surface area contributed by atoms with E-state index < -0.39 is 0 Å². The molecule has 1 aliphatic rings. The van der Waals surface area contributed by atoms with Gasteiger partial charge in [-0.1, -0.05) is 6.42 Å². The summed E-state index contributed by atoms with van der Waals surface area (Å²) in [4.78, 5) is 14.9. The fourth-order valence-electron chi connectivity index (χ4n) is 4.58. The van der Waals surface area contributed by atoms with Crippen LogP contribution >= 0.6 is 11.3 Å². The summed E-state index contributed by atoms with van der Waals surface area (Å²) in [5.41, 5.74) is 3.56. The summed E-state index contributed by atoms with van der Waals surface area (Å²) in [6.45, 7) is 3.03. The largest absolute Gasteiger partial charge is 0.494 e. The summed E-state index contributed by atoms with van der Waals surface area (Å²) < 4.78 is 22.1. The number of thiophene rings is 1. The molecule has 8 heteroatoms. The van der Waals surface area contributed by atoms with Crippen LogP contribution in [-0.4, -0.2) is 33.8 Å². The fourth-order valence-corrected chi connectivity index (χ4v) is 5.86. The van der Waals surface area contributed by atoms with E-state index in [9.17, 15) is 4.79 Å². The summed E-state index contributed by atoms with van der Waals surface area (Å²) in [5, 5.41) is 7.49. The Balaban J connectivity index is 1.61. The number of rotatable bonds is 10. The molecule has 1 amide bonds. The van der Waals surface area contributed by atoms with E-state index in [0.717, 1.165) is 53.2 Å². The quantitative estimate of drug-likeness (QED) is 0.312. The number of carbonyl (C=O) groups excluding carboxylic acids is 1. The molecule has 1 heterocycles. The molecule has 0 bridgehead atoms. The molecule has 0 atom stereocenters. The monoisotopic (exact) mass is 510 g/mol. The zero-order chi connectivity index (χ0) is 25.5. The van der Waals surface area contributed by atoms with Gasteiger partial charge in [0.05, 0.1) is 33.5 Å². The summed E-state index contributed by atoms with van der Waals surface area (Å²) in [7, 11) is 4.81. The first-order chi connectivity index (χ1) is 17.6. The van der Waals surface area contributed by atoms with E-state index >= 15 is 0 Å². The first-order valence-electron chi connectivity index (χ1n) is 12.3. The summed E-state index contributed by atoms with van der Waals surface area (Å²) in [6.07, 6.45) is 5.35. The second-order valence-corrected chi connectivity index (χ2v) is 9.63. The van der Waals surface area contributed by atoms with Crippen LogP contribution in [0.4, 0.5) is 10.7 Å². The van der Waals surface area contributed by atoms with Gasteiger partial charge >= 0.3 is 0 Å². The lowest BCUT2D eigenvalue weighted by Crippen LogP contribution is -2.15. The van der Waals surface area contributed by atoms with E-state index in [-0.39, 0.29) is 5.91 Å². The van der Waals surface area contributed by atoms with Crippen LogP contribution in [0.3, 0.4) is 0 Å². The van der Waals surface area contributed by atoms with Crippen molar-refractivity contribution in [2.45, 2.75) is 45.6 Å². The Hall–Kier alpha value is -3.39. The molecule has 36 heavy (non-hydrogen) atoms. The van der Waals surface area contributed by atoms with Crippen LogP contribution in [0.5, 0.6) is 23.0 Å². The molecule has 0 radical (unpaired) electrons. The number of hydrogen-bond acceptors (Lipinski definition) is 7. The van der Waals surface area contributed by atoms with E-state index in [2.05, 4.69) is 10.6 Å². The van der Waals surface area contributed by atoms with Crippen molar-refractivity contribution >= 4 is 27.9 Å². The first-order valence-corrected chi connectivity index (χ1v) is 13.1. The normalized spacial score (nSPS) is 12.8. The highest BCUT2D eigenvalue weighted by Gasteiger charge is 2.25. The van der Waals surface area contributed by atoms with Gasteiger partial charge in [-0.05, 0) is 74.6 Å². The van der Waals surface area contributed by atoms with Gasteiger partial charge in [0.25, 0.3) is 5.91 Å². The number of aryl methyl sites for hydroxylation is 1. The molecule has 7 nitrogen and oxygen atoms in total. The predicted molar refractivity (Wildman–Crippen MR) is 145 cm³/mol. The van der Waals surface area contributed by atoms with Crippen molar-refractivity contribution in [2.24, 2.45) is 0 Å². The molecule has 1 aliphatic carbocycles. The van der Waals surface area contributed by atoms with E-state index in [1.54, 1.807) is 32.7 Å². The van der Waals surface area contributed by atoms with Gasteiger partial charge in [-0.25, -0.2) is 0 Å². The molecule has 0 saturated carbocycles. The number of carbonyl (C=O) groups is 1. The van der Waals surface area contributed by atoms with Gasteiger partial charge in [-0.15, -0.1) is 11.3 Å². The third-order valence-electron chi connectivity index (χ3n) is 6.30. The molecule has 0 saturated heterocycles. The third kappa shape index (κ3) is 5.54. The highest BCUT2D eigenvalue weighted by molar-refractivity contribution is 7.16. The second-order valence-electron chi connectivity index (χ2n) is 8.53. The van der Waals surface area contributed by atoms with E-state index in [4.69, 9.17) is 18.9 Å². The number of fused-ring (bicyclic) bond motifs is 1. The Morgan fingerprint density at radius 3 is 2.36 bits per heavy atom. The number of benzene rings is 2. The lowest BCUT2D eigenvalue weighted by molar-refractivity contribution is 0.102. The second kappa shape index (κ2) is 12.0. The van der Waals surface area contributed by atoms with Crippen molar-refractivity contribution in [1.29, 1.82) is 0 Å². The first kappa shape index (κ1) is 25.7. The number of anilines is 2. The molecular weight excluding hydrogens is 476 g/mol. The van der Waals surface area contributed by atoms with Crippen molar-refractivity contribution in [1.82, 2.24) is 0 Å². The van der Waals surface area contributed by atoms with Crippen molar-refractivity contribution in [2.75, 3.05) is 38.6 Å².